The molecule has 0 saturated carbocycles. The van der Waals surface area contributed by atoms with E-state index in [4.69, 9.17) is 16.3 Å². The zero-order chi connectivity index (χ0) is 22.4. The molecule has 2 aromatic heterocycles. The van der Waals surface area contributed by atoms with Crippen molar-refractivity contribution in [2.24, 2.45) is 0 Å². The number of rotatable bonds is 3. The normalized spacial score (nSPS) is 16.9. The van der Waals surface area contributed by atoms with Crippen LogP contribution in [0.3, 0.4) is 0 Å². The van der Waals surface area contributed by atoms with Crippen LogP contribution in [-0.4, -0.2) is 38.4 Å². The topological polar surface area (TPSA) is 60.2 Å². The van der Waals surface area contributed by atoms with E-state index in [1.165, 1.54) is 11.1 Å². The van der Waals surface area contributed by atoms with Crippen LogP contribution in [0.2, 0.25) is 5.02 Å². The summed E-state index contributed by atoms with van der Waals surface area (Å²) in [5, 5.41) is 1.54. The lowest BCUT2D eigenvalue weighted by atomic mass is 9.83. The number of nitrogens with zero attached hydrogens (tertiary/aromatic N) is 4. The molecule has 7 heteroatoms. The van der Waals surface area contributed by atoms with Crippen molar-refractivity contribution in [2.75, 3.05) is 13.1 Å². The van der Waals surface area contributed by atoms with Gasteiger partial charge in [0.15, 0.2) is 0 Å². The molecule has 2 aliphatic rings. The van der Waals surface area contributed by atoms with Gasteiger partial charge in [-0.1, -0.05) is 41.9 Å². The second-order valence-corrected chi connectivity index (χ2v) is 9.20. The zero-order valence-electron chi connectivity index (χ0n) is 18.1. The van der Waals surface area contributed by atoms with Crippen LogP contribution in [-0.2, 0) is 23.5 Å². The van der Waals surface area contributed by atoms with Crippen LogP contribution in [0.4, 0.5) is 0 Å². The van der Waals surface area contributed by atoms with E-state index in [2.05, 4.69) is 34.2 Å². The molecule has 0 aliphatic carbocycles. The molecule has 2 aliphatic heterocycles. The highest BCUT2D eigenvalue weighted by Gasteiger charge is 2.43. The Morgan fingerprint density at radius 3 is 2.79 bits per heavy atom. The molecule has 0 unspecified atom stereocenters. The number of hydrogen-bond acceptors (Lipinski definition) is 4. The average Bonchev–Trinajstić information content (AvgIpc) is 3.38. The minimum atomic E-state index is -0.263. The van der Waals surface area contributed by atoms with Gasteiger partial charge in [-0.3, -0.25) is 14.8 Å². The van der Waals surface area contributed by atoms with Crippen molar-refractivity contribution in [1.82, 2.24) is 19.4 Å². The summed E-state index contributed by atoms with van der Waals surface area (Å²) in [6.07, 6.45) is 8.59. The first-order valence-corrected chi connectivity index (χ1v) is 11.6. The summed E-state index contributed by atoms with van der Waals surface area (Å²) < 4.78 is 8.30. The molecule has 6 nitrogen and oxygen atoms in total. The standard InChI is InChI=1S/C26H23ClN4O2/c27-19-5-6-21-22(16-31(24(21)13-19)15-20-14-28-9-10-29-20)25(32)30-11-7-26(8-12-30)23-4-2-1-3-18(23)17-33-26/h1-6,9-10,13-14,16H,7-8,11-12,15,17H2. The summed E-state index contributed by atoms with van der Waals surface area (Å²) in [6, 6.07) is 14.1. The van der Waals surface area contributed by atoms with Gasteiger partial charge in [0.05, 0.1) is 41.7 Å². The molecule has 1 saturated heterocycles. The highest BCUT2D eigenvalue weighted by Crippen LogP contribution is 2.44. The van der Waals surface area contributed by atoms with Crippen LogP contribution >= 0.6 is 11.6 Å². The van der Waals surface area contributed by atoms with Gasteiger partial charge in [-0.05, 0) is 36.1 Å². The Morgan fingerprint density at radius 2 is 1.97 bits per heavy atom. The second kappa shape index (κ2) is 7.97. The molecular weight excluding hydrogens is 436 g/mol. The fourth-order valence-electron chi connectivity index (χ4n) is 5.19. The Balaban J connectivity index is 1.28. The Labute approximate surface area is 196 Å². The van der Waals surface area contributed by atoms with E-state index in [0.717, 1.165) is 29.4 Å². The average molecular weight is 459 g/mol. The molecule has 0 N–H and O–H groups in total. The third kappa shape index (κ3) is 3.50. The number of fused-ring (bicyclic) bond motifs is 3. The number of benzene rings is 2. The number of halogens is 1. The van der Waals surface area contributed by atoms with Gasteiger partial charge >= 0.3 is 0 Å². The van der Waals surface area contributed by atoms with E-state index in [9.17, 15) is 4.79 Å². The van der Waals surface area contributed by atoms with Crippen molar-refractivity contribution in [1.29, 1.82) is 0 Å². The number of piperidine rings is 1. The predicted octanol–water partition coefficient (Wildman–Crippen LogP) is 4.79. The largest absolute Gasteiger partial charge is 0.365 e. The molecule has 1 amide bonds. The van der Waals surface area contributed by atoms with E-state index in [1.54, 1.807) is 18.6 Å². The summed E-state index contributed by atoms with van der Waals surface area (Å²) >= 11 is 6.29. The van der Waals surface area contributed by atoms with Crippen LogP contribution in [0.15, 0.2) is 67.3 Å². The summed E-state index contributed by atoms with van der Waals surface area (Å²) in [7, 11) is 0. The van der Waals surface area contributed by atoms with E-state index < -0.39 is 0 Å². The van der Waals surface area contributed by atoms with Gasteiger partial charge in [0.25, 0.3) is 5.91 Å². The van der Waals surface area contributed by atoms with Crippen molar-refractivity contribution >= 4 is 28.4 Å². The predicted molar refractivity (Wildman–Crippen MR) is 126 cm³/mol. The maximum absolute atomic E-state index is 13.6. The van der Waals surface area contributed by atoms with E-state index in [-0.39, 0.29) is 11.5 Å². The van der Waals surface area contributed by atoms with Gasteiger partial charge in [0, 0.05) is 42.1 Å². The van der Waals surface area contributed by atoms with Gasteiger partial charge in [-0.2, -0.15) is 0 Å². The van der Waals surface area contributed by atoms with Crippen molar-refractivity contribution in [3.8, 4) is 0 Å². The maximum Gasteiger partial charge on any atom is 0.256 e. The Bertz CT molecular complexity index is 1340. The first-order chi connectivity index (χ1) is 16.1. The fourth-order valence-corrected chi connectivity index (χ4v) is 5.36. The molecule has 2 aromatic carbocycles. The number of hydrogen-bond donors (Lipinski definition) is 0. The fraction of sp³-hybridized carbons (Fsp3) is 0.269. The summed E-state index contributed by atoms with van der Waals surface area (Å²) in [6.45, 7) is 2.50. The SMILES string of the molecule is O=C(c1cn(Cc2cnccn2)c2cc(Cl)ccc12)N1CCC2(CC1)OCc1ccccc12. The lowest BCUT2D eigenvalue weighted by Gasteiger charge is -2.39. The Kier molecular flexibility index (Phi) is 4.93. The van der Waals surface area contributed by atoms with Crippen molar-refractivity contribution in [3.05, 3.63) is 94.7 Å². The highest BCUT2D eigenvalue weighted by molar-refractivity contribution is 6.31. The number of carbonyl (C=O) groups is 1. The molecule has 4 heterocycles. The Hall–Kier alpha value is -3.22. The number of amides is 1. The van der Waals surface area contributed by atoms with Gasteiger partial charge in [-0.15, -0.1) is 0 Å². The molecule has 166 valence electrons. The van der Waals surface area contributed by atoms with Gasteiger partial charge < -0.3 is 14.2 Å². The van der Waals surface area contributed by atoms with Crippen molar-refractivity contribution in [3.63, 3.8) is 0 Å². The smallest absolute Gasteiger partial charge is 0.256 e. The monoisotopic (exact) mass is 458 g/mol. The molecule has 1 fully saturated rings. The van der Waals surface area contributed by atoms with E-state index in [0.29, 0.717) is 36.8 Å². The van der Waals surface area contributed by atoms with Crippen molar-refractivity contribution in [2.45, 2.75) is 31.6 Å². The van der Waals surface area contributed by atoms with Crippen LogP contribution in [0, 0.1) is 0 Å². The van der Waals surface area contributed by atoms with Crippen LogP contribution in [0.25, 0.3) is 10.9 Å². The Morgan fingerprint density at radius 1 is 1.12 bits per heavy atom. The van der Waals surface area contributed by atoms with E-state index in [1.807, 2.05) is 33.9 Å². The number of likely N-dealkylation sites (tertiary alicyclic amines) is 1. The summed E-state index contributed by atoms with van der Waals surface area (Å²) in [5.74, 6) is 0.0429. The van der Waals surface area contributed by atoms with E-state index >= 15 is 0 Å². The highest BCUT2D eigenvalue weighted by atomic mass is 35.5. The zero-order valence-corrected chi connectivity index (χ0v) is 18.8. The lowest BCUT2D eigenvalue weighted by Crippen LogP contribution is -2.45. The quantitative estimate of drug-likeness (QED) is 0.442. The van der Waals surface area contributed by atoms with Gasteiger partial charge in [-0.25, -0.2) is 0 Å². The first-order valence-electron chi connectivity index (χ1n) is 11.2. The molecule has 0 bridgehead atoms. The van der Waals surface area contributed by atoms with Crippen molar-refractivity contribution < 1.29 is 9.53 Å². The lowest BCUT2D eigenvalue weighted by molar-refractivity contribution is -0.0741. The summed E-state index contributed by atoms with van der Waals surface area (Å²) in [5.41, 5.74) is 4.71. The molecule has 1 spiro atoms. The van der Waals surface area contributed by atoms with Gasteiger partial charge in [0.2, 0.25) is 0 Å². The minimum Gasteiger partial charge on any atom is -0.365 e. The van der Waals surface area contributed by atoms with Crippen LogP contribution < -0.4 is 0 Å². The molecule has 0 radical (unpaired) electrons. The number of ether oxygens (including phenoxy) is 1. The summed E-state index contributed by atoms with van der Waals surface area (Å²) in [4.78, 5) is 24.1. The number of carbonyl (C=O) groups excluding carboxylic acids is 1. The molecule has 0 atom stereocenters. The molecule has 33 heavy (non-hydrogen) atoms. The number of aromatic nitrogens is 3. The molecular formula is C26H23ClN4O2. The maximum atomic E-state index is 13.6. The van der Waals surface area contributed by atoms with Crippen LogP contribution in [0.5, 0.6) is 0 Å². The third-order valence-corrected chi connectivity index (χ3v) is 7.13. The first kappa shape index (κ1) is 20.4. The van der Waals surface area contributed by atoms with Gasteiger partial charge in [0.1, 0.15) is 0 Å². The molecule has 4 aromatic rings. The third-order valence-electron chi connectivity index (χ3n) is 6.89. The second-order valence-electron chi connectivity index (χ2n) is 8.76. The minimum absolute atomic E-state index is 0.0429. The molecule has 6 rings (SSSR count). The van der Waals surface area contributed by atoms with Crippen LogP contribution in [0.1, 0.15) is 40.0 Å².